The third kappa shape index (κ3) is 2.69. The van der Waals surface area contributed by atoms with Crippen LogP contribution in [0.3, 0.4) is 0 Å². The monoisotopic (exact) mass is 265 g/mol. The summed E-state index contributed by atoms with van der Waals surface area (Å²) in [5, 5.41) is 4.07. The minimum Gasteiger partial charge on any atom is -0.280 e. The van der Waals surface area contributed by atoms with Crippen LogP contribution in [0.4, 0.5) is 5.95 Å². The average Bonchev–Trinajstić information content (AvgIpc) is 2.77. The molecular weight excluding hydrogens is 254 g/mol. The maximum Gasteiger partial charge on any atom is 0.236 e. The van der Waals surface area contributed by atoms with Gasteiger partial charge in [-0.3, -0.25) is 9.69 Å². The Balaban J connectivity index is 2.13. The van der Waals surface area contributed by atoms with Gasteiger partial charge in [0.15, 0.2) is 5.16 Å². The number of carbonyl (C=O) groups excluding carboxylic acids is 1. The van der Waals surface area contributed by atoms with E-state index < -0.39 is 0 Å². The molecule has 2 rings (SSSR count). The van der Waals surface area contributed by atoms with Crippen LogP contribution >= 0.6 is 11.8 Å². The van der Waals surface area contributed by atoms with Crippen molar-refractivity contribution < 1.29 is 4.79 Å². The molecule has 8 nitrogen and oxygen atoms in total. The quantitative estimate of drug-likeness (QED) is 0.352. The van der Waals surface area contributed by atoms with Crippen LogP contribution < -0.4 is 4.90 Å². The van der Waals surface area contributed by atoms with E-state index in [1.54, 1.807) is 0 Å². The molecule has 18 heavy (non-hydrogen) atoms. The van der Waals surface area contributed by atoms with Gasteiger partial charge in [0, 0.05) is 24.4 Å². The number of hydrogen-bond acceptors (Lipinski definition) is 6. The molecule has 1 amide bonds. The van der Waals surface area contributed by atoms with Gasteiger partial charge < -0.3 is 0 Å². The van der Waals surface area contributed by atoms with E-state index in [2.05, 4.69) is 25.0 Å². The fourth-order valence-corrected chi connectivity index (χ4v) is 2.08. The molecule has 1 aliphatic rings. The fraction of sp³-hybridized carbons (Fsp3) is 0.556. The van der Waals surface area contributed by atoms with Gasteiger partial charge in [0.1, 0.15) is 6.33 Å². The Morgan fingerprint density at radius 3 is 3.22 bits per heavy atom. The van der Waals surface area contributed by atoms with Crippen molar-refractivity contribution in [3.8, 4) is 0 Å². The van der Waals surface area contributed by atoms with Crippen LogP contribution in [0.1, 0.15) is 6.42 Å². The number of carbonyl (C=O) groups is 1. The summed E-state index contributed by atoms with van der Waals surface area (Å²) in [6.07, 6.45) is 3.61. The first kappa shape index (κ1) is 12.6. The summed E-state index contributed by atoms with van der Waals surface area (Å²) in [4.78, 5) is 28.2. The molecule has 94 valence electrons. The van der Waals surface area contributed by atoms with Crippen molar-refractivity contribution in [2.75, 3.05) is 24.2 Å². The molecule has 0 spiro atoms. The Morgan fingerprint density at radius 1 is 1.67 bits per heavy atom. The highest BCUT2D eigenvalue weighted by molar-refractivity contribution is 7.98. The molecule has 0 aliphatic carbocycles. The van der Waals surface area contributed by atoms with Crippen LogP contribution in [0.5, 0.6) is 0 Å². The van der Waals surface area contributed by atoms with E-state index in [0.29, 0.717) is 30.6 Å². The Bertz CT molecular complexity index is 501. The smallest absolute Gasteiger partial charge is 0.236 e. The van der Waals surface area contributed by atoms with Crippen molar-refractivity contribution in [2.45, 2.75) is 11.6 Å². The lowest BCUT2D eigenvalue weighted by molar-refractivity contribution is -0.117. The SMILES string of the molecule is CSc1ncnc(N2CC(CN=[N+]=[N-])CC2=O)n1. The van der Waals surface area contributed by atoms with Gasteiger partial charge in [0.05, 0.1) is 0 Å². The third-order valence-corrected chi connectivity index (χ3v) is 3.13. The number of aromatic nitrogens is 3. The van der Waals surface area contributed by atoms with Crippen molar-refractivity contribution in [3.05, 3.63) is 16.8 Å². The topological polar surface area (TPSA) is 108 Å². The van der Waals surface area contributed by atoms with Gasteiger partial charge in [0.2, 0.25) is 11.9 Å². The predicted octanol–water partition coefficient (Wildman–Crippen LogP) is 1.26. The summed E-state index contributed by atoms with van der Waals surface area (Å²) >= 11 is 1.39. The predicted molar refractivity (Wildman–Crippen MR) is 66.1 cm³/mol. The molecule has 9 heteroatoms. The summed E-state index contributed by atoms with van der Waals surface area (Å²) in [6, 6.07) is 0. The van der Waals surface area contributed by atoms with Crippen molar-refractivity contribution in [1.29, 1.82) is 0 Å². The van der Waals surface area contributed by atoms with E-state index in [-0.39, 0.29) is 11.8 Å². The normalized spacial score (nSPS) is 18.8. The van der Waals surface area contributed by atoms with Crippen molar-refractivity contribution in [3.63, 3.8) is 0 Å². The molecule has 0 bridgehead atoms. The van der Waals surface area contributed by atoms with Crippen LogP contribution in [0.15, 0.2) is 16.6 Å². The molecule has 0 radical (unpaired) electrons. The molecule has 1 fully saturated rings. The van der Waals surface area contributed by atoms with E-state index >= 15 is 0 Å². The van der Waals surface area contributed by atoms with Crippen molar-refractivity contribution in [2.24, 2.45) is 11.0 Å². The lowest BCUT2D eigenvalue weighted by atomic mass is 10.1. The summed E-state index contributed by atoms with van der Waals surface area (Å²) < 4.78 is 0. The average molecular weight is 265 g/mol. The zero-order chi connectivity index (χ0) is 13.0. The molecule has 1 aliphatic heterocycles. The number of anilines is 1. The lowest BCUT2D eigenvalue weighted by Crippen LogP contribution is -2.27. The maximum absolute atomic E-state index is 11.8. The molecule has 1 aromatic heterocycles. The highest BCUT2D eigenvalue weighted by Gasteiger charge is 2.31. The van der Waals surface area contributed by atoms with Gasteiger partial charge in [-0.05, 0) is 17.7 Å². The number of thioether (sulfide) groups is 1. The molecule has 0 aromatic carbocycles. The molecule has 1 aromatic rings. The number of hydrogen-bond donors (Lipinski definition) is 0. The second-order valence-electron chi connectivity index (χ2n) is 3.76. The number of azide groups is 1. The minimum absolute atomic E-state index is 0.0305. The Morgan fingerprint density at radius 2 is 2.50 bits per heavy atom. The zero-order valence-corrected chi connectivity index (χ0v) is 10.5. The molecule has 1 saturated heterocycles. The van der Waals surface area contributed by atoms with Gasteiger partial charge in [-0.25, -0.2) is 9.97 Å². The largest absolute Gasteiger partial charge is 0.280 e. The second-order valence-corrected chi connectivity index (χ2v) is 4.53. The third-order valence-electron chi connectivity index (χ3n) is 2.57. The molecule has 1 unspecified atom stereocenters. The minimum atomic E-state index is -0.0496. The standard InChI is InChI=1S/C9H11N7OS/c1-18-9-12-5-11-8(14-9)16-4-6(2-7(16)17)3-13-15-10/h5-6H,2-4H2,1H3. The van der Waals surface area contributed by atoms with E-state index in [1.807, 2.05) is 6.26 Å². The van der Waals surface area contributed by atoms with E-state index in [0.717, 1.165) is 0 Å². The first-order valence-corrected chi connectivity index (χ1v) is 6.51. The Labute approximate surface area is 107 Å². The van der Waals surface area contributed by atoms with E-state index in [4.69, 9.17) is 5.53 Å². The van der Waals surface area contributed by atoms with Crippen LogP contribution in [-0.4, -0.2) is 40.2 Å². The van der Waals surface area contributed by atoms with Gasteiger partial charge in [-0.2, -0.15) is 4.98 Å². The molecule has 1 atom stereocenters. The Kier molecular flexibility index (Phi) is 3.96. The lowest BCUT2D eigenvalue weighted by Gasteiger charge is -2.13. The summed E-state index contributed by atoms with van der Waals surface area (Å²) in [5.74, 6) is 0.345. The van der Waals surface area contributed by atoms with Crippen molar-refractivity contribution in [1.82, 2.24) is 15.0 Å². The fourth-order valence-electron chi connectivity index (χ4n) is 1.75. The van der Waals surface area contributed by atoms with Crippen LogP contribution in [0.25, 0.3) is 10.4 Å². The zero-order valence-electron chi connectivity index (χ0n) is 9.72. The molecule has 0 N–H and O–H groups in total. The van der Waals surface area contributed by atoms with E-state index in [9.17, 15) is 4.79 Å². The van der Waals surface area contributed by atoms with Gasteiger partial charge in [0.25, 0.3) is 0 Å². The number of rotatable bonds is 4. The molecule has 2 heterocycles. The summed E-state index contributed by atoms with van der Waals surface area (Å²) in [7, 11) is 0. The van der Waals surface area contributed by atoms with Gasteiger partial charge in [-0.1, -0.05) is 16.9 Å². The summed E-state index contributed by atoms with van der Waals surface area (Å²) in [5.41, 5.74) is 8.27. The van der Waals surface area contributed by atoms with E-state index in [1.165, 1.54) is 23.0 Å². The number of amides is 1. The van der Waals surface area contributed by atoms with Crippen LogP contribution in [-0.2, 0) is 4.79 Å². The molecule has 0 saturated carbocycles. The number of nitrogens with zero attached hydrogens (tertiary/aromatic N) is 7. The van der Waals surface area contributed by atoms with Crippen molar-refractivity contribution >= 4 is 23.6 Å². The second kappa shape index (κ2) is 5.65. The van der Waals surface area contributed by atoms with Gasteiger partial charge in [-0.15, -0.1) is 0 Å². The Hall–Kier alpha value is -1.86. The first-order chi connectivity index (χ1) is 8.74. The molecular formula is C9H11N7OS. The van der Waals surface area contributed by atoms with Gasteiger partial charge >= 0.3 is 0 Å². The maximum atomic E-state index is 11.8. The first-order valence-electron chi connectivity index (χ1n) is 5.29. The highest BCUT2D eigenvalue weighted by atomic mass is 32.2. The van der Waals surface area contributed by atoms with Crippen LogP contribution in [0, 0.1) is 5.92 Å². The summed E-state index contributed by atoms with van der Waals surface area (Å²) in [6.45, 7) is 0.800. The van der Waals surface area contributed by atoms with Crippen LogP contribution in [0.2, 0.25) is 0 Å². The highest BCUT2D eigenvalue weighted by Crippen LogP contribution is 2.23.